The van der Waals surface area contributed by atoms with Crippen LogP contribution in [-0.4, -0.2) is 10.7 Å². The zero-order chi connectivity index (χ0) is 14.8. The molecular weight excluding hydrogens is 256 g/mol. The first-order valence-corrected chi connectivity index (χ1v) is 10.0. The molecule has 1 N–H and O–H groups in total. The third kappa shape index (κ3) is 6.30. The van der Waals surface area contributed by atoms with Gasteiger partial charge in [-0.1, -0.05) is 89.9 Å². The lowest BCUT2D eigenvalue weighted by Gasteiger charge is -2.38. The van der Waals surface area contributed by atoms with Crippen molar-refractivity contribution in [2.24, 2.45) is 5.92 Å². The van der Waals surface area contributed by atoms with Gasteiger partial charge in [0.25, 0.3) is 0 Å². The van der Waals surface area contributed by atoms with Crippen molar-refractivity contribution in [1.82, 2.24) is 0 Å². The topological polar surface area (TPSA) is 20.2 Å². The second-order valence-electron chi connectivity index (χ2n) is 7.83. The van der Waals surface area contributed by atoms with Crippen molar-refractivity contribution >= 4 is 0 Å². The molecule has 0 aliphatic heterocycles. The maximum atomic E-state index is 11.4. The fraction of sp³-hybridized carbons (Fsp3) is 1.00. The molecule has 0 aromatic rings. The van der Waals surface area contributed by atoms with E-state index in [0.29, 0.717) is 5.92 Å². The molecule has 21 heavy (non-hydrogen) atoms. The average Bonchev–Trinajstić information content (AvgIpc) is 2.51. The van der Waals surface area contributed by atoms with E-state index in [4.69, 9.17) is 0 Å². The van der Waals surface area contributed by atoms with Crippen LogP contribution in [0.2, 0.25) is 0 Å². The highest BCUT2D eigenvalue weighted by atomic mass is 16.3. The van der Waals surface area contributed by atoms with Crippen molar-refractivity contribution in [2.75, 3.05) is 0 Å². The van der Waals surface area contributed by atoms with Crippen molar-refractivity contribution in [1.29, 1.82) is 0 Å². The third-order valence-corrected chi connectivity index (χ3v) is 6.08. The van der Waals surface area contributed by atoms with Crippen LogP contribution in [0.1, 0.15) is 116 Å². The minimum Gasteiger partial charge on any atom is -0.390 e. The van der Waals surface area contributed by atoms with Crippen LogP contribution in [0, 0.1) is 5.92 Å². The fourth-order valence-electron chi connectivity index (χ4n) is 4.63. The lowest BCUT2D eigenvalue weighted by Crippen LogP contribution is -2.38. The molecule has 2 fully saturated rings. The predicted molar refractivity (Wildman–Crippen MR) is 91.5 cm³/mol. The molecule has 0 aromatic carbocycles. The molecule has 0 aromatic heterocycles. The minimum absolute atomic E-state index is 0.323. The van der Waals surface area contributed by atoms with Gasteiger partial charge in [-0.15, -0.1) is 0 Å². The summed E-state index contributed by atoms with van der Waals surface area (Å²) >= 11 is 0. The molecule has 0 atom stereocenters. The first kappa shape index (κ1) is 17.3. The number of rotatable bonds is 1. The molecule has 0 unspecified atom stereocenters. The Morgan fingerprint density at radius 2 is 0.810 bits per heavy atom. The van der Waals surface area contributed by atoms with E-state index in [-0.39, 0.29) is 5.60 Å². The molecule has 0 saturated heterocycles. The zero-order valence-electron chi connectivity index (χ0n) is 14.3. The minimum atomic E-state index is -0.323. The highest BCUT2D eigenvalue weighted by molar-refractivity contribution is 4.87. The van der Waals surface area contributed by atoms with Gasteiger partial charge in [-0.05, 0) is 31.6 Å². The molecule has 124 valence electrons. The highest BCUT2D eigenvalue weighted by Crippen LogP contribution is 2.38. The molecule has 2 aliphatic rings. The normalized spacial score (nSPS) is 27.9. The van der Waals surface area contributed by atoms with Crippen LogP contribution >= 0.6 is 0 Å². The molecule has 0 bridgehead atoms. The summed E-state index contributed by atoms with van der Waals surface area (Å²) in [6, 6.07) is 0. The van der Waals surface area contributed by atoms with E-state index in [9.17, 15) is 5.11 Å². The molecular formula is C20H38O. The Balaban J connectivity index is 1.93. The Hall–Kier alpha value is -0.0400. The maximum Gasteiger partial charge on any atom is 0.0675 e. The Labute approximate surface area is 132 Å². The van der Waals surface area contributed by atoms with Gasteiger partial charge in [0, 0.05) is 0 Å². The lowest BCUT2D eigenvalue weighted by atomic mass is 9.73. The van der Waals surface area contributed by atoms with E-state index in [2.05, 4.69) is 0 Å². The van der Waals surface area contributed by atoms with Gasteiger partial charge in [-0.2, -0.15) is 0 Å². The van der Waals surface area contributed by atoms with E-state index in [0.717, 1.165) is 12.8 Å². The van der Waals surface area contributed by atoms with E-state index in [1.807, 2.05) is 0 Å². The van der Waals surface area contributed by atoms with Crippen LogP contribution < -0.4 is 0 Å². The van der Waals surface area contributed by atoms with E-state index in [1.165, 1.54) is 103 Å². The predicted octanol–water partition coefficient (Wildman–Crippen LogP) is 6.38. The van der Waals surface area contributed by atoms with Crippen molar-refractivity contribution in [2.45, 2.75) is 121 Å². The second kappa shape index (κ2) is 9.87. The molecule has 1 heteroatoms. The summed E-state index contributed by atoms with van der Waals surface area (Å²) in [5.74, 6) is 0.593. The number of hydrogen-bond acceptors (Lipinski definition) is 1. The van der Waals surface area contributed by atoms with Crippen molar-refractivity contribution in [3.05, 3.63) is 0 Å². The fourth-order valence-corrected chi connectivity index (χ4v) is 4.63. The van der Waals surface area contributed by atoms with Gasteiger partial charge >= 0.3 is 0 Å². The summed E-state index contributed by atoms with van der Waals surface area (Å²) in [5.41, 5.74) is -0.323. The standard InChI is InChI=1S/C20H38O/c21-20(17-13-9-5-2-6-10-14-18-20)19-15-11-7-3-1-4-8-12-16-19/h19,21H,1-18H2. The summed E-state index contributed by atoms with van der Waals surface area (Å²) in [7, 11) is 0. The van der Waals surface area contributed by atoms with Crippen LogP contribution in [0.25, 0.3) is 0 Å². The van der Waals surface area contributed by atoms with Gasteiger partial charge in [0.2, 0.25) is 0 Å². The van der Waals surface area contributed by atoms with Crippen molar-refractivity contribution in [3.63, 3.8) is 0 Å². The smallest absolute Gasteiger partial charge is 0.0675 e. The molecule has 0 heterocycles. The molecule has 2 rings (SSSR count). The lowest BCUT2D eigenvalue weighted by molar-refractivity contribution is -0.0465. The molecule has 1 nitrogen and oxygen atoms in total. The Kier molecular flexibility index (Phi) is 8.14. The average molecular weight is 295 g/mol. The Morgan fingerprint density at radius 3 is 1.24 bits per heavy atom. The molecule has 0 spiro atoms. The maximum absolute atomic E-state index is 11.4. The van der Waals surface area contributed by atoms with Gasteiger partial charge in [0.05, 0.1) is 5.60 Å². The van der Waals surface area contributed by atoms with E-state index >= 15 is 0 Å². The van der Waals surface area contributed by atoms with Crippen LogP contribution in [0.15, 0.2) is 0 Å². The van der Waals surface area contributed by atoms with Gasteiger partial charge in [-0.25, -0.2) is 0 Å². The highest BCUT2D eigenvalue weighted by Gasteiger charge is 2.35. The van der Waals surface area contributed by atoms with Crippen LogP contribution in [0.3, 0.4) is 0 Å². The quantitative estimate of drug-likeness (QED) is 0.594. The second-order valence-corrected chi connectivity index (χ2v) is 7.83. The summed E-state index contributed by atoms with van der Waals surface area (Å²) in [6.07, 6.45) is 23.9. The largest absolute Gasteiger partial charge is 0.390 e. The third-order valence-electron chi connectivity index (χ3n) is 6.08. The van der Waals surface area contributed by atoms with Crippen LogP contribution in [0.4, 0.5) is 0 Å². The summed E-state index contributed by atoms with van der Waals surface area (Å²) in [4.78, 5) is 0. The number of hydrogen-bond donors (Lipinski definition) is 1. The van der Waals surface area contributed by atoms with Crippen LogP contribution in [0.5, 0.6) is 0 Å². The van der Waals surface area contributed by atoms with Crippen molar-refractivity contribution < 1.29 is 5.11 Å². The summed E-state index contributed by atoms with van der Waals surface area (Å²) in [6.45, 7) is 0. The van der Waals surface area contributed by atoms with Gasteiger partial charge in [-0.3, -0.25) is 0 Å². The summed E-state index contributed by atoms with van der Waals surface area (Å²) < 4.78 is 0. The number of aliphatic hydroxyl groups is 1. The summed E-state index contributed by atoms with van der Waals surface area (Å²) in [5, 5.41) is 11.4. The van der Waals surface area contributed by atoms with Crippen LogP contribution in [-0.2, 0) is 0 Å². The zero-order valence-corrected chi connectivity index (χ0v) is 14.3. The Morgan fingerprint density at radius 1 is 0.476 bits per heavy atom. The molecule has 0 radical (unpaired) electrons. The van der Waals surface area contributed by atoms with Gasteiger partial charge in [0.15, 0.2) is 0 Å². The molecule has 0 amide bonds. The van der Waals surface area contributed by atoms with Gasteiger partial charge < -0.3 is 5.11 Å². The van der Waals surface area contributed by atoms with Crippen molar-refractivity contribution in [3.8, 4) is 0 Å². The Bertz CT molecular complexity index is 241. The SMILES string of the molecule is OC1(C2CCCCCCCCC2)CCCCCCCCC1. The monoisotopic (exact) mass is 294 g/mol. The van der Waals surface area contributed by atoms with Gasteiger partial charge in [0.1, 0.15) is 0 Å². The first-order valence-electron chi connectivity index (χ1n) is 10.0. The van der Waals surface area contributed by atoms with E-state index < -0.39 is 0 Å². The first-order chi connectivity index (χ1) is 10.3. The molecule has 2 aliphatic carbocycles. The van der Waals surface area contributed by atoms with E-state index in [1.54, 1.807) is 0 Å². The molecule has 2 saturated carbocycles.